The molecular weight excluding hydrogens is 263 g/mol. The van der Waals surface area contributed by atoms with Gasteiger partial charge >= 0.3 is 7.82 Å². The minimum absolute atomic E-state index is 0.0520. The zero-order valence-corrected chi connectivity index (χ0v) is 14.6. The Balaban J connectivity index is 4.36. The van der Waals surface area contributed by atoms with E-state index in [1.807, 2.05) is 0 Å². The normalized spacial score (nSPS) is 19.8. The van der Waals surface area contributed by atoms with Gasteiger partial charge in [-0.2, -0.15) is 0 Å². The van der Waals surface area contributed by atoms with E-state index in [0.717, 1.165) is 0 Å². The van der Waals surface area contributed by atoms with Gasteiger partial charge in [-0.25, -0.2) is 4.57 Å². The van der Waals surface area contributed by atoms with Crippen LogP contribution in [-0.2, 0) is 13.6 Å². The van der Waals surface area contributed by atoms with Gasteiger partial charge in [0.05, 0.1) is 12.2 Å². The van der Waals surface area contributed by atoms with E-state index < -0.39 is 7.82 Å². The highest BCUT2D eigenvalue weighted by Crippen LogP contribution is 2.48. The highest BCUT2D eigenvalue weighted by atomic mass is 31.2. The molecule has 0 aliphatic rings. The first-order valence-corrected chi connectivity index (χ1v) is 8.39. The van der Waals surface area contributed by atoms with Crippen molar-refractivity contribution in [1.29, 1.82) is 0 Å². The second-order valence-corrected chi connectivity index (χ2v) is 9.19. The first kappa shape index (κ1) is 19.1. The van der Waals surface area contributed by atoms with Gasteiger partial charge in [-0.1, -0.05) is 41.5 Å². The van der Waals surface area contributed by atoms with Gasteiger partial charge in [0.25, 0.3) is 0 Å². The molecule has 116 valence electrons. The summed E-state index contributed by atoms with van der Waals surface area (Å²) in [6, 6.07) is 0. The SMILES string of the molecule is CC(CC(C)(C)C)OP(=O)(O)OC(C)CC(C)(C)C. The minimum atomic E-state index is -3.98. The smallest absolute Gasteiger partial charge is 0.302 e. The lowest BCUT2D eigenvalue weighted by atomic mass is 9.90. The topological polar surface area (TPSA) is 55.8 Å². The van der Waals surface area contributed by atoms with Gasteiger partial charge in [-0.05, 0) is 37.5 Å². The summed E-state index contributed by atoms with van der Waals surface area (Å²) < 4.78 is 22.3. The molecule has 2 unspecified atom stereocenters. The fourth-order valence-corrected chi connectivity index (χ4v) is 3.39. The van der Waals surface area contributed by atoms with E-state index >= 15 is 0 Å². The van der Waals surface area contributed by atoms with Crippen molar-refractivity contribution in [1.82, 2.24) is 0 Å². The first-order valence-electron chi connectivity index (χ1n) is 6.90. The molecule has 1 N–H and O–H groups in total. The minimum Gasteiger partial charge on any atom is -0.302 e. The molecule has 0 aliphatic heterocycles. The van der Waals surface area contributed by atoms with Crippen molar-refractivity contribution >= 4 is 7.82 Å². The van der Waals surface area contributed by atoms with Gasteiger partial charge in [-0.15, -0.1) is 0 Å². The lowest BCUT2D eigenvalue weighted by Gasteiger charge is -2.27. The molecule has 0 aliphatic carbocycles. The van der Waals surface area contributed by atoms with Crippen LogP contribution >= 0.6 is 7.82 Å². The Labute approximate surface area is 118 Å². The zero-order chi connectivity index (χ0) is 15.5. The largest absolute Gasteiger partial charge is 0.472 e. The van der Waals surface area contributed by atoms with Gasteiger partial charge in [-0.3, -0.25) is 9.05 Å². The summed E-state index contributed by atoms with van der Waals surface area (Å²) in [5.41, 5.74) is 0.104. The Morgan fingerprint density at radius 3 is 1.37 bits per heavy atom. The van der Waals surface area contributed by atoms with E-state index in [9.17, 15) is 9.46 Å². The standard InChI is InChI=1S/C14H31O4P/c1-11(9-13(3,4)5)17-19(15,16)18-12(2)10-14(6,7)8/h11-12H,9-10H2,1-8H3,(H,15,16). The van der Waals surface area contributed by atoms with Crippen molar-refractivity contribution in [3.05, 3.63) is 0 Å². The second-order valence-electron chi connectivity index (χ2n) is 7.83. The fraction of sp³-hybridized carbons (Fsp3) is 1.00. The number of hydrogen-bond acceptors (Lipinski definition) is 3. The molecule has 0 heterocycles. The van der Waals surface area contributed by atoms with Crippen LogP contribution in [0.1, 0.15) is 68.2 Å². The van der Waals surface area contributed by atoms with Crippen molar-refractivity contribution in [2.75, 3.05) is 0 Å². The van der Waals surface area contributed by atoms with E-state index in [-0.39, 0.29) is 23.0 Å². The fourth-order valence-electron chi connectivity index (χ4n) is 2.28. The van der Waals surface area contributed by atoms with E-state index in [1.54, 1.807) is 13.8 Å². The van der Waals surface area contributed by atoms with Crippen molar-refractivity contribution in [2.24, 2.45) is 10.8 Å². The van der Waals surface area contributed by atoms with Gasteiger partial charge in [0.1, 0.15) is 0 Å². The van der Waals surface area contributed by atoms with Gasteiger partial charge in [0.15, 0.2) is 0 Å². The van der Waals surface area contributed by atoms with Crippen LogP contribution in [0.25, 0.3) is 0 Å². The average molecular weight is 294 g/mol. The maximum Gasteiger partial charge on any atom is 0.472 e. The molecule has 0 radical (unpaired) electrons. The number of phosphoric ester groups is 1. The lowest BCUT2D eigenvalue weighted by Crippen LogP contribution is -2.20. The highest BCUT2D eigenvalue weighted by Gasteiger charge is 2.30. The molecule has 5 heteroatoms. The molecule has 0 saturated heterocycles. The second kappa shape index (κ2) is 6.71. The van der Waals surface area contributed by atoms with Crippen LogP contribution in [0.5, 0.6) is 0 Å². The molecule has 19 heavy (non-hydrogen) atoms. The Hall–Kier alpha value is 0.110. The summed E-state index contributed by atoms with van der Waals surface area (Å²) in [4.78, 5) is 9.76. The van der Waals surface area contributed by atoms with Crippen LogP contribution in [0.15, 0.2) is 0 Å². The molecule has 2 atom stereocenters. The van der Waals surface area contributed by atoms with Gasteiger partial charge in [0, 0.05) is 0 Å². The summed E-state index contributed by atoms with van der Waals surface area (Å²) in [7, 11) is -3.98. The van der Waals surface area contributed by atoms with Crippen LogP contribution in [0.2, 0.25) is 0 Å². The summed E-state index contributed by atoms with van der Waals surface area (Å²) in [5.74, 6) is 0. The van der Waals surface area contributed by atoms with Gasteiger partial charge < -0.3 is 4.89 Å². The number of phosphoric acid groups is 1. The molecule has 0 aromatic carbocycles. The first-order chi connectivity index (χ1) is 8.20. The van der Waals surface area contributed by atoms with Crippen LogP contribution in [0.4, 0.5) is 0 Å². The van der Waals surface area contributed by atoms with Crippen molar-refractivity contribution in [3.8, 4) is 0 Å². The molecule has 0 bridgehead atoms. The van der Waals surface area contributed by atoms with Gasteiger partial charge in [0.2, 0.25) is 0 Å². The molecule has 0 aromatic rings. The highest BCUT2D eigenvalue weighted by molar-refractivity contribution is 7.47. The third-order valence-electron chi connectivity index (χ3n) is 2.43. The molecule has 0 spiro atoms. The summed E-state index contributed by atoms with van der Waals surface area (Å²) in [6.45, 7) is 16.0. The maximum absolute atomic E-state index is 11.9. The molecule has 0 rings (SSSR count). The predicted molar refractivity (Wildman–Crippen MR) is 79.1 cm³/mol. The van der Waals surface area contributed by atoms with Crippen molar-refractivity contribution in [3.63, 3.8) is 0 Å². The van der Waals surface area contributed by atoms with E-state index in [1.165, 1.54) is 0 Å². The molecule has 0 aromatic heterocycles. The summed E-state index contributed by atoms with van der Waals surface area (Å²) >= 11 is 0. The van der Waals surface area contributed by atoms with Crippen LogP contribution in [0, 0.1) is 10.8 Å². The van der Waals surface area contributed by atoms with Crippen LogP contribution in [-0.4, -0.2) is 17.1 Å². The monoisotopic (exact) mass is 294 g/mol. The van der Waals surface area contributed by atoms with Crippen LogP contribution < -0.4 is 0 Å². The quantitative estimate of drug-likeness (QED) is 0.717. The Kier molecular flexibility index (Phi) is 6.75. The zero-order valence-electron chi connectivity index (χ0n) is 13.7. The van der Waals surface area contributed by atoms with E-state index in [2.05, 4.69) is 41.5 Å². The van der Waals surface area contributed by atoms with Crippen LogP contribution in [0.3, 0.4) is 0 Å². The molecule has 4 nitrogen and oxygen atoms in total. The molecular formula is C14H31O4P. The van der Waals surface area contributed by atoms with E-state index in [4.69, 9.17) is 9.05 Å². The number of hydrogen-bond donors (Lipinski definition) is 1. The van der Waals surface area contributed by atoms with Crippen molar-refractivity contribution < 1.29 is 18.5 Å². The Morgan fingerprint density at radius 2 is 1.16 bits per heavy atom. The molecule has 0 amide bonds. The van der Waals surface area contributed by atoms with Crippen molar-refractivity contribution in [2.45, 2.75) is 80.4 Å². The Morgan fingerprint density at radius 1 is 0.895 bits per heavy atom. The Bertz CT molecular complexity index is 286. The maximum atomic E-state index is 11.9. The summed E-state index contributed by atoms with van der Waals surface area (Å²) in [5, 5.41) is 0. The molecule has 0 fully saturated rings. The third-order valence-corrected chi connectivity index (χ3v) is 3.68. The molecule has 0 saturated carbocycles. The lowest BCUT2D eigenvalue weighted by molar-refractivity contribution is 0.0573. The summed E-state index contributed by atoms with van der Waals surface area (Å²) in [6.07, 6.45) is 0.790. The third kappa shape index (κ3) is 11.6. The predicted octanol–water partition coefficient (Wildman–Crippen LogP) is 4.77. The average Bonchev–Trinajstić information content (AvgIpc) is 1.89. The van der Waals surface area contributed by atoms with E-state index in [0.29, 0.717) is 12.8 Å². The number of rotatable bonds is 6.